The second kappa shape index (κ2) is 8.00. The van der Waals surface area contributed by atoms with Crippen molar-refractivity contribution in [3.63, 3.8) is 0 Å². The van der Waals surface area contributed by atoms with E-state index in [9.17, 15) is 8.78 Å². The number of hydrogen-bond acceptors (Lipinski definition) is 5. The van der Waals surface area contributed by atoms with Crippen LogP contribution in [0.5, 0.6) is 11.5 Å². The molecule has 4 rings (SSSR count). The standard InChI is InChI=1S/C20H15ClF2N4O2/c1-28-15-4-12(7-24-9-15)11-27-18-5-14(8-25-17(18)10-26-27)13-2-3-16(21)19(6-13)29-20(22)23/h2-10,20H,11H2,1H3. The Morgan fingerprint density at radius 3 is 2.72 bits per heavy atom. The minimum atomic E-state index is -2.96. The van der Waals surface area contributed by atoms with E-state index in [1.807, 2.05) is 12.1 Å². The fourth-order valence-corrected chi connectivity index (χ4v) is 3.11. The lowest BCUT2D eigenvalue weighted by Gasteiger charge is -2.10. The van der Waals surface area contributed by atoms with Crippen LogP contribution in [0.15, 0.2) is 55.1 Å². The van der Waals surface area contributed by atoms with Crippen LogP contribution in [0.4, 0.5) is 8.78 Å². The Bertz CT molecular complexity index is 1170. The molecule has 29 heavy (non-hydrogen) atoms. The largest absolute Gasteiger partial charge is 0.495 e. The van der Waals surface area contributed by atoms with Crippen LogP contribution in [-0.4, -0.2) is 33.5 Å². The Balaban J connectivity index is 1.70. The number of rotatable bonds is 6. The molecule has 0 fully saturated rings. The van der Waals surface area contributed by atoms with Crippen molar-refractivity contribution < 1.29 is 18.3 Å². The van der Waals surface area contributed by atoms with Gasteiger partial charge in [0.2, 0.25) is 0 Å². The van der Waals surface area contributed by atoms with E-state index in [4.69, 9.17) is 16.3 Å². The van der Waals surface area contributed by atoms with Crippen molar-refractivity contribution in [3.05, 3.63) is 65.7 Å². The van der Waals surface area contributed by atoms with Crippen LogP contribution >= 0.6 is 11.6 Å². The van der Waals surface area contributed by atoms with Gasteiger partial charge in [0, 0.05) is 18.0 Å². The molecule has 9 heteroatoms. The van der Waals surface area contributed by atoms with Gasteiger partial charge in [0.1, 0.15) is 17.0 Å². The number of hydrogen-bond donors (Lipinski definition) is 0. The molecule has 0 atom stereocenters. The first-order valence-corrected chi connectivity index (χ1v) is 8.95. The number of halogens is 3. The Morgan fingerprint density at radius 1 is 1.07 bits per heavy atom. The molecule has 4 aromatic rings. The van der Waals surface area contributed by atoms with Crippen LogP contribution in [-0.2, 0) is 6.54 Å². The maximum atomic E-state index is 12.6. The average molecular weight is 417 g/mol. The Hall–Kier alpha value is -3.26. The van der Waals surface area contributed by atoms with Gasteiger partial charge in [-0.15, -0.1) is 0 Å². The second-order valence-corrected chi connectivity index (χ2v) is 6.59. The third-order valence-electron chi connectivity index (χ3n) is 4.31. The van der Waals surface area contributed by atoms with Gasteiger partial charge in [-0.25, -0.2) is 0 Å². The SMILES string of the molecule is COc1cncc(Cn2ncc3ncc(-c4ccc(Cl)c(OC(F)F)c4)cc32)c1. The van der Waals surface area contributed by atoms with Crippen molar-refractivity contribution in [2.45, 2.75) is 13.2 Å². The molecular weight excluding hydrogens is 402 g/mol. The Labute approximate surface area is 169 Å². The first-order valence-electron chi connectivity index (χ1n) is 8.57. The van der Waals surface area contributed by atoms with Gasteiger partial charge in [0.05, 0.1) is 36.6 Å². The highest BCUT2D eigenvalue weighted by molar-refractivity contribution is 6.32. The smallest absolute Gasteiger partial charge is 0.387 e. The lowest BCUT2D eigenvalue weighted by atomic mass is 10.1. The van der Waals surface area contributed by atoms with E-state index in [1.165, 1.54) is 12.1 Å². The summed E-state index contributed by atoms with van der Waals surface area (Å²) in [6.07, 6.45) is 6.68. The molecule has 0 aliphatic heterocycles. The summed E-state index contributed by atoms with van der Waals surface area (Å²) < 4.78 is 36.7. The molecule has 0 aliphatic carbocycles. The van der Waals surface area contributed by atoms with Gasteiger partial charge in [0.25, 0.3) is 0 Å². The van der Waals surface area contributed by atoms with Crippen molar-refractivity contribution >= 4 is 22.6 Å². The van der Waals surface area contributed by atoms with Crippen LogP contribution in [0.1, 0.15) is 5.56 Å². The van der Waals surface area contributed by atoms with E-state index in [1.54, 1.807) is 42.6 Å². The number of methoxy groups -OCH3 is 1. The number of benzene rings is 1. The molecule has 0 unspecified atom stereocenters. The van der Waals surface area contributed by atoms with Crippen LogP contribution in [0, 0.1) is 0 Å². The number of alkyl halides is 2. The normalized spacial score (nSPS) is 11.2. The number of fused-ring (bicyclic) bond motifs is 1. The van der Waals surface area contributed by atoms with E-state index in [0.29, 0.717) is 23.4 Å². The zero-order valence-electron chi connectivity index (χ0n) is 15.2. The third-order valence-corrected chi connectivity index (χ3v) is 4.63. The second-order valence-electron chi connectivity index (χ2n) is 6.19. The molecular formula is C20H15ClF2N4O2. The Morgan fingerprint density at radius 2 is 1.93 bits per heavy atom. The molecule has 1 aromatic carbocycles. The van der Waals surface area contributed by atoms with Gasteiger partial charge in [0.15, 0.2) is 0 Å². The van der Waals surface area contributed by atoms with Gasteiger partial charge in [-0.2, -0.15) is 13.9 Å². The molecule has 0 spiro atoms. The number of pyridine rings is 2. The lowest BCUT2D eigenvalue weighted by molar-refractivity contribution is -0.0497. The summed E-state index contributed by atoms with van der Waals surface area (Å²) >= 11 is 5.94. The topological polar surface area (TPSA) is 62.1 Å². The van der Waals surface area contributed by atoms with Crippen molar-refractivity contribution in [3.8, 4) is 22.6 Å². The fourth-order valence-electron chi connectivity index (χ4n) is 2.94. The van der Waals surface area contributed by atoms with Crippen molar-refractivity contribution in [2.24, 2.45) is 0 Å². The molecule has 0 N–H and O–H groups in total. The van der Waals surface area contributed by atoms with Crippen LogP contribution in [0.3, 0.4) is 0 Å². The van der Waals surface area contributed by atoms with E-state index in [-0.39, 0.29) is 10.8 Å². The molecule has 0 saturated carbocycles. The predicted octanol–water partition coefficient (Wildman–Crippen LogP) is 4.81. The highest BCUT2D eigenvalue weighted by atomic mass is 35.5. The molecule has 0 aliphatic rings. The summed E-state index contributed by atoms with van der Waals surface area (Å²) in [5.74, 6) is 0.570. The highest BCUT2D eigenvalue weighted by Crippen LogP contribution is 2.32. The van der Waals surface area contributed by atoms with Crippen molar-refractivity contribution in [1.82, 2.24) is 19.7 Å². The maximum absolute atomic E-state index is 12.6. The van der Waals surface area contributed by atoms with Gasteiger partial charge < -0.3 is 9.47 Å². The maximum Gasteiger partial charge on any atom is 0.387 e. The first kappa shape index (κ1) is 19.1. The summed E-state index contributed by atoms with van der Waals surface area (Å²) in [6.45, 7) is -2.49. The predicted molar refractivity (Wildman–Crippen MR) is 104 cm³/mol. The van der Waals surface area contributed by atoms with Gasteiger partial charge in [-0.1, -0.05) is 17.7 Å². The average Bonchev–Trinajstić information content (AvgIpc) is 3.11. The van der Waals surface area contributed by atoms with E-state index < -0.39 is 6.61 Å². The van der Waals surface area contributed by atoms with Crippen LogP contribution in [0.2, 0.25) is 5.02 Å². The minimum Gasteiger partial charge on any atom is -0.495 e. The molecule has 0 saturated heterocycles. The molecule has 0 bridgehead atoms. The van der Waals surface area contributed by atoms with Gasteiger partial charge in [-0.3, -0.25) is 14.6 Å². The van der Waals surface area contributed by atoms with E-state index in [2.05, 4.69) is 19.8 Å². The summed E-state index contributed by atoms with van der Waals surface area (Å²) in [6, 6.07) is 8.46. The zero-order chi connectivity index (χ0) is 20.4. The minimum absolute atomic E-state index is 0.0878. The molecule has 0 radical (unpaired) electrons. The lowest BCUT2D eigenvalue weighted by Crippen LogP contribution is -2.03. The number of aromatic nitrogens is 4. The van der Waals surface area contributed by atoms with E-state index in [0.717, 1.165) is 16.6 Å². The van der Waals surface area contributed by atoms with Gasteiger partial charge >= 0.3 is 6.61 Å². The molecule has 3 aromatic heterocycles. The summed E-state index contributed by atoms with van der Waals surface area (Å²) in [4.78, 5) is 8.57. The summed E-state index contributed by atoms with van der Waals surface area (Å²) in [7, 11) is 1.58. The van der Waals surface area contributed by atoms with Crippen molar-refractivity contribution in [2.75, 3.05) is 7.11 Å². The molecule has 148 valence electrons. The van der Waals surface area contributed by atoms with E-state index >= 15 is 0 Å². The van der Waals surface area contributed by atoms with Crippen LogP contribution < -0.4 is 9.47 Å². The Kier molecular flexibility index (Phi) is 5.26. The first-order chi connectivity index (χ1) is 14.0. The zero-order valence-corrected chi connectivity index (χ0v) is 16.0. The fraction of sp³-hybridized carbons (Fsp3) is 0.150. The van der Waals surface area contributed by atoms with Gasteiger partial charge in [-0.05, 0) is 35.4 Å². The van der Waals surface area contributed by atoms with Crippen LogP contribution in [0.25, 0.3) is 22.2 Å². The molecule has 0 amide bonds. The summed E-state index contributed by atoms with van der Waals surface area (Å²) in [5, 5.41) is 4.50. The number of ether oxygens (including phenoxy) is 2. The molecule has 3 heterocycles. The quantitative estimate of drug-likeness (QED) is 0.451. The summed E-state index contributed by atoms with van der Waals surface area (Å²) in [5.41, 5.74) is 3.78. The molecule has 6 nitrogen and oxygen atoms in total. The van der Waals surface area contributed by atoms with Crippen molar-refractivity contribution in [1.29, 1.82) is 0 Å². The highest BCUT2D eigenvalue weighted by Gasteiger charge is 2.12. The monoisotopic (exact) mass is 416 g/mol. The number of nitrogens with zero attached hydrogens (tertiary/aromatic N) is 4. The third kappa shape index (κ3) is 4.12.